The molecule has 0 spiro atoms. The first kappa shape index (κ1) is 19.4. The predicted octanol–water partition coefficient (Wildman–Crippen LogP) is 5.50. The number of carbonyl (C=O) groups excluding carboxylic acids is 2. The number of H-pyrrole nitrogens is 2. The number of hydrogen-bond donors (Lipinski definition) is 3. The van der Waals surface area contributed by atoms with Gasteiger partial charge < -0.3 is 15.3 Å². The highest BCUT2D eigenvalue weighted by Crippen LogP contribution is 2.26. The Balaban J connectivity index is 0.000000706. The number of Topliss-reactive ketones (excluding diaryl/α,β-unsaturated/α-hetero) is 1. The molecule has 3 N–H and O–H groups in total. The van der Waals surface area contributed by atoms with Crippen molar-refractivity contribution in [2.24, 2.45) is 0 Å². The molecular weight excluding hydrogens is 350 g/mol. The fourth-order valence-corrected chi connectivity index (χ4v) is 3.11. The Kier molecular flexibility index (Phi) is 5.64. The highest BCUT2D eigenvalue weighted by atomic mass is 16.2. The molecule has 28 heavy (non-hydrogen) atoms. The Morgan fingerprint density at radius 2 is 1.57 bits per heavy atom. The van der Waals surface area contributed by atoms with Crippen LogP contribution < -0.4 is 5.32 Å². The zero-order chi connectivity index (χ0) is 20.3. The lowest BCUT2D eigenvalue weighted by Gasteiger charge is -2.08. The molecule has 0 aliphatic rings. The molecule has 0 radical (unpaired) electrons. The lowest BCUT2D eigenvalue weighted by molar-refractivity contribution is -0.112. The third-order valence-corrected chi connectivity index (χ3v) is 4.52. The number of amides is 1. The van der Waals surface area contributed by atoms with Gasteiger partial charge in [-0.25, -0.2) is 0 Å². The van der Waals surface area contributed by atoms with E-state index in [1.54, 1.807) is 6.20 Å². The Labute approximate surface area is 164 Å². The van der Waals surface area contributed by atoms with Crippen molar-refractivity contribution >= 4 is 39.2 Å². The second-order valence-corrected chi connectivity index (χ2v) is 6.92. The number of hydrogen-bond acceptors (Lipinski definition) is 2. The van der Waals surface area contributed by atoms with Gasteiger partial charge in [-0.15, -0.1) is 0 Å². The predicted molar refractivity (Wildman–Crippen MR) is 115 cm³/mol. The van der Waals surface area contributed by atoms with Gasteiger partial charge in [-0.3, -0.25) is 9.59 Å². The van der Waals surface area contributed by atoms with E-state index in [-0.39, 0.29) is 0 Å². The quantitative estimate of drug-likeness (QED) is 0.326. The van der Waals surface area contributed by atoms with Gasteiger partial charge in [-0.2, -0.15) is 0 Å². The van der Waals surface area contributed by atoms with Gasteiger partial charge in [0, 0.05) is 39.9 Å². The summed E-state index contributed by atoms with van der Waals surface area (Å²) in [5.74, 6) is -1.20. The standard InChI is InChI=1S/C20H17N3O2.C3H8/c1-11-7-14-12(2)9-21-18(14)8-17(11)23-20(25)19(24)15-10-22-16-6-4-3-5-13(15)16;1-3-2/h3-10,21-22H,1-2H3,(H,23,25);3H2,1-2H3. The first-order valence-corrected chi connectivity index (χ1v) is 9.46. The Morgan fingerprint density at radius 1 is 0.893 bits per heavy atom. The molecule has 1 amide bonds. The number of anilines is 1. The molecule has 4 aromatic rings. The first-order chi connectivity index (χ1) is 13.5. The van der Waals surface area contributed by atoms with Crippen molar-refractivity contribution in [2.75, 3.05) is 5.32 Å². The molecule has 0 bridgehead atoms. The lowest BCUT2D eigenvalue weighted by atomic mass is 10.1. The summed E-state index contributed by atoms with van der Waals surface area (Å²) in [6.45, 7) is 8.19. The van der Waals surface area contributed by atoms with Gasteiger partial charge in [0.1, 0.15) is 0 Å². The van der Waals surface area contributed by atoms with Gasteiger partial charge in [-0.05, 0) is 43.2 Å². The number of carbonyl (C=O) groups is 2. The van der Waals surface area contributed by atoms with Crippen molar-refractivity contribution in [1.82, 2.24) is 9.97 Å². The summed E-state index contributed by atoms with van der Waals surface area (Å²) in [6.07, 6.45) is 4.75. The zero-order valence-electron chi connectivity index (χ0n) is 16.6. The van der Waals surface area contributed by atoms with Gasteiger partial charge in [0.15, 0.2) is 0 Å². The van der Waals surface area contributed by atoms with E-state index in [4.69, 9.17) is 0 Å². The maximum Gasteiger partial charge on any atom is 0.296 e. The molecule has 5 heteroatoms. The van der Waals surface area contributed by atoms with Crippen LogP contribution in [-0.2, 0) is 4.79 Å². The van der Waals surface area contributed by atoms with Crippen molar-refractivity contribution in [3.8, 4) is 0 Å². The number of fused-ring (bicyclic) bond motifs is 2. The molecule has 2 aromatic heterocycles. The van der Waals surface area contributed by atoms with E-state index in [1.165, 1.54) is 6.42 Å². The number of ketones is 1. The topological polar surface area (TPSA) is 77.8 Å². The second-order valence-electron chi connectivity index (χ2n) is 6.92. The van der Waals surface area contributed by atoms with Crippen LogP contribution in [0.25, 0.3) is 21.8 Å². The van der Waals surface area contributed by atoms with Crippen molar-refractivity contribution < 1.29 is 9.59 Å². The minimum atomic E-state index is -0.643. The van der Waals surface area contributed by atoms with Gasteiger partial charge in [0.25, 0.3) is 11.7 Å². The van der Waals surface area contributed by atoms with E-state index in [2.05, 4.69) is 29.1 Å². The largest absolute Gasteiger partial charge is 0.361 e. The summed E-state index contributed by atoms with van der Waals surface area (Å²) in [5.41, 5.74) is 4.83. The fourth-order valence-electron chi connectivity index (χ4n) is 3.11. The van der Waals surface area contributed by atoms with Gasteiger partial charge in [-0.1, -0.05) is 38.5 Å². The molecule has 0 aliphatic heterocycles. The zero-order valence-corrected chi connectivity index (χ0v) is 16.6. The van der Waals surface area contributed by atoms with Gasteiger partial charge >= 0.3 is 0 Å². The van der Waals surface area contributed by atoms with Crippen LogP contribution in [0.15, 0.2) is 48.8 Å². The highest BCUT2D eigenvalue weighted by molar-refractivity contribution is 6.48. The van der Waals surface area contributed by atoms with Crippen molar-refractivity contribution in [3.63, 3.8) is 0 Å². The second kappa shape index (κ2) is 8.13. The molecule has 2 aromatic carbocycles. The molecule has 0 saturated carbocycles. The van der Waals surface area contributed by atoms with E-state index < -0.39 is 11.7 Å². The molecule has 5 nitrogen and oxygen atoms in total. The minimum absolute atomic E-state index is 0.377. The first-order valence-electron chi connectivity index (χ1n) is 9.46. The highest BCUT2D eigenvalue weighted by Gasteiger charge is 2.20. The summed E-state index contributed by atoms with van der Waals surface area (Å²) >= 11 is 0. The lowest BCUT2D eigenvalue weighted by Crippen LogP contribution is -2.23. The van der Waals surface area contributed by atoms with Crippen LogP contribution in [0.1, 0.15) is 41.8 Å². The monoisotopic (exact) mass is 375 g/mol. The fraction of sp³-hybridized carbons (Fsp3) is 0.217. The average Bonchev–Trinajstić information content (AvgIpc) is 3.26. The van der Waals surface area contributed by atoms with Crippen molar-refractivity contribution in [3.05, 3.63) is 65.5 Å². The molecule has 2 heterocycles. The molecule has 0 saturated heterocycles. The Bertz CT molecular complexity index is 1150. The summed E-state index contributed by atoms with van der Waals surface area (Å²) < 4.78 is 0. The maximum atomic E-state index is 12.6. The molecule has 0 aliphatic carbocycles. The third-order valence-electron chi connectivity index (χ3n) is 4.52. The van der Waals surface area contributed by atoms with Crippen LogP contribution in [0, 0.1) is 13.8 Å². The van der Waals surface area contributed by atoms with Crippen molar-refractivity contribution in [2.45, 2.75) is 34.1 Å². The maximum absolute atomic E-state index is 12.6. The van der Waals surface area contributed by atoms with E-state index in [0.29, 0.717) is 11.3 Å². The SMILES string of the molecule is CCC.Cc1cc2c(C)c[nH]c2cc1NC(=O)C(=O)c1c[nH]c2ccccc12. The number of aromatic nitrogens is 2. The van der Waals surface area contributed by atoms with Gasteiger partial charge in [0.05, 0.1) is 5.56 Å². The normalized spacial score (nSPS) is 10.6. The third kappa shape index (κ3) is 3.69. The Morgan fingerprint density at radius 3 is 2.32 bits per heavy atom. The van der Waals surface area contributed by atoms with Crippen LogP contribution >= 0.6 is 0 Å². The van der Waals surface area contributed by atoms with E-state index >= 15 is 0 Å². The minimum Gasteiger partial charge on any atom is -0.361 e. The van der Waals surface area contributed by atoms with Crippen molar-refractivity contribution in [1.29, 1.82) is 0 Å². The number of benzene rings is 2. The van der Waals surface area contributed by atoms with E-state index in [0.717, 1.165) is 32.9 Å². The van der Waals surface area contributed by atoms with E-state index in [1.807, 2.05) is 56.4 Å². The average molecular weight is 375 g/mol. The number of aryl methyl sites for hydroxylation is 2. The molecule has 0 unspecified atom stereocenters. The summed E-state index contributed by atoms with van der Waals surface area (Å²) in [4.78, 5) is 31.2. The smallest absolute Gasteiger partial charge is 0.296 e. The van der Waals surface area contributed by atoms with Crippen LogP contribution in [0.2, 0.25) is 0 Å². The number of nitrogens with one attached hydrogen (secondary N) is 3. The van der Waals surface area contributed by atoms with Crippen LogP contribution in [0.3, 0.4) is 0 Å². The van der Waals surface area contributed by atoms with Crippen LogP contribution in [-0.4, -0.2) is 21.7 Å². The number of rotatable bonds is 3. The molecule has 0 atom stereocenters. The number of para-hydroxylation sites is 1. The van der Waals surface area contributed by atoms with Crippen LogP contribution in [0.4, 0.5) is 5.69 Å². The molecule has 4 rings (SSSR count). The Hall–Kier alpha value is -3.34. The number of aromatic amines is 2. The van der Waals surface area contributed by atoms with Crippen LogP contribution in [0.5, 0.6) is 0 Å². The molecule has 0 fully saturated rings. The van der Waals surface area contributed by atoms with E-state index in [9.17, 15) is 9.59 Å². The summed E-state index contributed by atoms with van der Waals surface area (Å²) in [6, 6.07) is 11.3. The molecular formula is C23H25N3O2. The molecule has 144 valence electrons. The summed E-state index contributed by atoms with van der Waals surface area (Å²) in [7, 11) is 0. The summed E-state index contributed by atoms with van der Waals surface area (Å²) in [5, 5.41) is 4.60. The van der Waals surface area contributed by atoms with Gasteiger partial charge in [0.2, 0.25) is 0 Å².